The monoisotopic (exact) mass is 277 g/mol. The number of carbonyl (C=O) groups is 1. The Labute approximate surface area is 115 Å². The summed E-state index contributed by atoms with van der Waals surface area (Å²) in [4.78, 5) is 12.2. The molecule has 1 aromatic carbocycles. The summed E-state index contributed by atoms with van der Waals surface area (Å²) in [6.45, 7) is 3.82. The summed E-state index contributed by atoms with van der Waals surface area (Å²) in [6.07, 6.45) is 0. The quantitative estimate of drug-likeness (QED) is 0.902. The fraction of sp³-hybridized carbons (Fsp3) is 0.214. The molecule has 3 N–H and O–H groups in total. The Kier molecular flexibility index (Phi) is 3.48. The molecule has 19 heavy (non-hydrogen) atoms. The highest BCUT2D eigenvalue weighted by atomic mass is 32.1. The first-order chi connectivity index (χ1) is 8.95. The maximum Gasteiger partial charge on any atom is 0.348 e. The molecule has 0 fully saturated rings. The van der Waals surface area contributed by atoms with Gasteiger partial charge in [-0.25, -0.2) is 4.79 Å². The predicted octanol–water partition coefficient (Wildman–Crippen LogP) is 3.32. The molecule has 100 valence electrons. The van der Waals surface area contributed by atoms with Crippen LogP contribution in [0.3, 0.4) is 0 Å². The van der Waals surface area contributed by atoms with Gasteiger partial charge in [0.05, 0.1) is 12.8 Å². The Balaban J connectivity index is 2.59. The Morgan fingerprint density at radius 2 is 2.05 bits per heavy atom. The van der Waals surface area contributed by atoms with Crippen LogP contribution < -0.4 is 10.5 Å². The zero-order chi connectivity index (χ0) is 14.2. The summed E-state index contributed by atoms with van der Waals surface area (Å²) >= 11 is 1.20. The van der Waals surface area contributed by atoms with Crippen molar-refractivity contribution in [2.24, 2.45) is 0 Å². The molecule has 0 bridgehead atoms. The smallest absolute Gasteiger partial charge is 0.348 e. The van der Waals surface area contributed by atoms with Crippen molar-refractivity contribution in [2.75, 3.05) is 12.8 Å². The minimum absolute atomic E-state index is 0.195. The lowest BCUT2D eigenvalue weighted by atomic mass is 10.0. The van der Waals surface area contributed by atoms with Crippen LogP contribution in [0.15, 0.2) is 18.2 Å². The summed E-state index contributed by atoms with van der Waals surface area (Å²) in [5.41, 5.74) is 8.99. The standard InChI is InChI=1S/C14H15NO3S/c1-7-6-9(4-5-10(7)18-3)11-8(2)19-13(12(11)15)14(16)17/h4-6H,15H2,1-3H3,(H,16,17). The average Bonchev–Trinajstić information content (AvgIpc) is 2.65. The van der Waals surface area contributed by atoms with Gasteiger partial charge in [0.25, 0.3) is 0 Å². The van der Waals surface area contributed by atoms with Gasteiger partial charge in [-0.05, 0) is 37.1 Å². The second kappa shape index (κ2) is 4.93. The average molecular weight is 277 g/mol. The highest BCUT2D eigenvalue weighted by Crippen LogP contribution is 2.39. The van der Waals surface area contributed by atoms with E-state index in [0.717, 1.165) is 27.3 Å². The van der Waals surface area contributed by atoms with E-state index in [9.17, 15) is 4.79 Å². The zero-order valence-corrected chi connectivity index (χ0v) is 11.8. The van der Waals surface area contributed by atoms with Gasteiger partial charge in [0.15, 0.2) is 0 Å². The van der Waals surface area contributed by atoms with Crippen LogP contribution in [-0.4, -0.2) is 18.2 Å². The lowest BCUT2D eigenvalue weighted by Gasteiger charge is -2.08. The van der Waals surface area contributed by atoms with Crippen LogP contribution in [0.1, 0.15) is 20.1 Å². The molecule has 0 saturated heterocycles. The number of rotatable bonds is 3. The number of carboxylic acids is 1. The number of aromatic carboxylic acids is 1. The maximum absolute atomic E-state index is 11.1. The first-order valence-electron chi connectivity index (χ1n) is 5.73. The van der Waals surface area contributed by atoms with E-state index < -0.39 is 5.97 Å². The predicted molar refractivity (Wildman–Crippen MR) is 77.2 cm³/mol. The van der Waals surface area contributed by atoms with Gasteiger partial charge in [-0.1, -0.05) is 6.07 Å². The van der Waals surface area contributed by atoms with Crippen molar-refractivity contribution in [1.82, 2.24) is 0 Å². The van der Waals surface area contributed by atoms with E-state index in [4.69, 9.17) is 15.6 Å². The molecule has 2 aromatic rings. The van der Waals surface area contributed by atoms with Crippen molar-refractivity contribution in [3.05, 3.63) is 33.5 Å². The number of nitrogen functional groups attached to an aromatic ring is 1. The van der Waals surface area contributed by atoms with Crippen LogP contribution in [0.5, 0.6) is 5.75 Å². The number of thiophene rings is 1. The molecular weight excluding hydrogens is 262 g/mol. The summed E-state index contributed by atoms with van der Waals surface area (Å²) in [6, 6.07) is 5.71. The number of anilines is 1. The second-order valence-electron chi connectivity index (χ2n) is 4.27. The van der Waals surface area contributed by atoms with Crippen molar-refractivity contribution >= 4 is 23.0 Å². The molecule has 0 aliphatic carbocycles. The topological polar surface area (TPSA) is 72.5 Å². The molecule has 1 heterocycles. The van der Waals surface area contributed by atoms with Crippen LogP contribution in [-0.2, 0) is 0 Å². The van der Waals surface area contributed by atoms with E-state index in [1.807, 2.05) is 32.0 Å². The minimum Gasteiger partial charge on any atom is -0.496 e. The number of ether oxygens (including phenoxy) is 1. The summed E-state index contributed by atoms with van der Waals surface area (Å²) in [5, 5.41) is 9.10. The molecular formula is C14H15NO3S. The molecule has 4 nitrogen and oxygen atoms in total. The van der Waals surface area contributed by atoms with Gasteiger partial charge in [0.1, 0.15) is 10.6 Å². The van der Waals surface area contributed by atoms with Crippen LogP contribution in [0, 0.1) is 13.8 Å². The van der Waals surface area contributed by atoms with E-state index in [1.54, 1.807) is 7.11 Å². The fourth-order valence-corrected chi connectivity index (χ4v) is 3.05. The van der Waals surface area contributed by atoms with Gasteiger partial charge in [0, 0.05) is 10.4 Å². The molecule has 1 aromatic heterocycles. The van der Waals surface area contributed by atoms with Gasteiger partial charge in [-0.15, -0.1) is 11.3 Å². The summed E-state index contributed by atoms with van der Waals surface area (Å²) in [7, 11) is 1.62. The third-order valence-electron chi connectivity index (χ3n) is 3.00. The molecule has 5 heteroatoms. The Morgan fingerprint density at radius 3 is 2.53 bits per heavy atom. The number of nitrogens with two attached hydrogens (primary N) is 1. The van der Waals surface area contributed by atoms with Crippen LogP contribution in [0.2, 0.25) is 0 Å². The molecule has 0 atom stereocenters. The van der Waals surface area contributed by atoms with Crippen molar-refractivity contribution < 1.29 is 14.6 Å². The summed E-state index contributed by atoms with van der Waals surface area (Å²) < 4.78 is 5.22. The Hall–Kier alpha value is -2.01. The number of hydrogen-bond acceptors (Lipinski definition) is 4. The van der Waals surface area contributed by atoms with Crippen LogP contribution in [0.4, 0.5) is 5.69 Å². The van der Waals surface area contributed by atoms with Crippen molar-refractivity contribution in [2.45, 2.75) is 13.8 Å². The lowest BCUT2D eigenvalue weighted by molar-refractivity contribution is 0.0703. The van der Waals surface area contributed by atoms with Gasteiger partial charge in [0.2, 0.25) is 0 Å². The van der Waals surface area contributed by atoms with Crippen molar-refractivity contribution in [3.8, 4) is 16.9 Å². The molecule has 0 radical (unpaired) electrons. The number of benzene rings is 1. The first kappa shape index (κ1) is 13.4. The third kappa shape index (κ3) is 2.29. The molecule has 0 amide bonds. The SMILES string of the molecule is COc1ccc(-c2c(C)sc(C(=O)O)c2N)cc1C. The highest BCUT2D eigenvalue weighted by molar-refractivity contribution is 7.15. The van der Waals surface area contributed by atoms with Crippen molar-refractivity contribution in [3.63, 3.8) is 0 Å². The van der Waals surface area contributed by atoms with E-state index >= 15 is 0 Å². The minimum atomic E-state index is -0.984. The Morgan fingerprint density at radius 1 is 1.37 bits per heavy atom. The number of methoxy groups -OCH3 is 1. The zero-order valence-electron chi connectivity index (χ0n) is 11.0. The number of aryl methyl sites for hydroxylation is 2. The lowest BCUT2D eigenvalue weighted by Crippen LogP contribution is -1.98. The highest BCUT2D eigenvalue weighted by Gasteiger charge is 2.19. The normalized spacial score (nSPS) is 10.5. The first-order valence-corrected chi connectivity index (χ1v) is 6.54. The maximum atomic E-state index is 11.1. The van der Waals surface area contributed by atoms with Gasteiger partial charge in [-0.3, -0.25) is 0 Å². The van der Waals surface area contributed by atoms with Gasteiger partial charge < -0.3 is 15.6 Å². The molecule has 2 rings (SSSR count). The molecule has 0 aliphatic heterocycles. The van der Waals surface area contributed by atoms with E-state index in [0.29, 0.717) is 5.69 Å². The van der Waals surface area contributed by atoms with Crippen LogP contribution in [0.25, 0.3) is 11.1 Å². The van der Waals surface area contributed by atoms with Gasteiger partial charge in [-0.2, -0.15) is 0 Å². The number of carboxylic acid groups (broad SMARTS) is 1. The van der Waals surface area contributed by atoms with Crippen LogP contribution >= 0.6 is 11.3 Å². The van der Waals surface area contributed by atoms with E-state index in [1.165, 1.54) is 11.3 Å². The molecule has 0 unspecified atom stereocenters. The van der Waals surface area contributed by atoms with Crippen molar-refractivity contribution in [1.29, 1.82) is 0 Å². The third-order valence-corrected chi connectivity index (χ3v) is 4.11. The molecule has 0 aliphatic rings. The van der Waals surface area contributed by atoms with E-state index in [2.05, 4.69) is 0 Å². The van der Waals surface area contributed by atoms with E-state index in [-0.39, 0.29) is 4.88 Å². The Bertz CT molecular complexity index is 646. The fourth-order valence-electron chi connectivity index (χ4n) is 2.11. The number of hydrogen-bond donors (Lipinski definition) is 2. The largest absolute Gasteiger partial charge is 0.496 e. The molecule has 0 saturated carbocycles. The summed E-state index contributed by atoms with van der Waals surface area (Å²) in [5.74, 6) is -0.184. The second-order valence-corrected chi connectivity index (χ2v) is 5.49. The van der Waals surface area contributed by atoms with Gasteiger partial charge >= 0.3 is 5.97 Å². The molecule has 0 spiro atoms.